The first-order chi connectivity index (χ1) is 15.8. The van der Waals surface area contributed by atoms with Gasteiger partial charge in [-0.2, -0.15) is 0 Å². The zero-order chi connectivity index (χ0) is 21.8. The van der Waals surface area contributed by atoms with Gasteiger partial charge in [0, 0.05) is 0 Å². The van der Waals surface area contributed by atoms with Gasteiger partial charge >= 0.3 is 199 Å². The molecule has 0 heterocycles. The molecule has 0 aliphatic heterocycles. The van der Waals surface area contributed by atoms with Crippen LogP contribution >= 0.6 is 0 Å². The van der Waals surface area contributed by atoms with Gasteiger partial charge in [-0.3, -0.25) is 0 Å². The SMILES string of the molecule is C=C[Si](O[C@H]1c2ccccc2C[C@@H]1[Se]c1ccccc1)(c1ccccc1)c1ccccc1. The molecule has 0 N–H and O–H groups in total. The van der Waals surface area contributed by atoms with E-state index in [4.69, 9.17) is 4.43 Å². The van der Waals surface area contributed by atoms with E-state index >= 15 is 0 Å². The molecule has 0 bridgehead atoms. The second kappa shape index (κ2) is 9.44. The topological polar surface area (TPSA) is 9.23 Å². The average molecular weight is 498 g/mol. The van der Waals surface area contributed by atoms with Gasteiger partial charge in [-0.25, -0.2) is 0 Å². The van der Waals surface area contributed by atoms with E-state index in [-0.39, 0.29) is 6.10 Å². The Bertz CT molecular complexity index is 1140. The maximum absolute atomic E-state index is 7.37. The van der Waals surface area contributed by atoms with Gasteiger partial charge < -0.3 is 0 Å². The summed E-state index contributed by atoms with van der Waals surface area (Å²) in [5.41, 5.74) is 4.89. The normalized spacial score (nSPS) is 17.6. The molecule has 0 saturated heterocycles. The van der Waals surface area contributed by atoms with E-state index in [2.05, 4.69) is 128 Å². The minimum absolute atomic E-state index is 0.0662. The van der Waals surface area contributed by atoms with Crippen LogP contribution in [-0.2, 0) is 10.8 Å². The van der Waals surface area contributed by atoms with Crippen molar-refractivity contribution in [3.05, 3.63) is 139 Å². The van der Waals surface area contributed by atoms with Gasteiger partial charge in [0.1, 0.15) is 0 Å². The van der Waals surface area contributed by atoms with Crippen molar-refractivity contribution in [2.45, 2.75) is 17.3 Å². The minimum atomic E-state index is -2.64. The average Bonchev–Trinajstić information content (AvgIpc) is 3.20. The molecule has 2 atom stereocenters. The molecule has 0 saturated carbocycles. The zero-order valence-electron chi connectivity index (χ0n) is 17.9. The zero-order valence-corrected chi connectivity index (χ0v) is 20.6. The predicted molar refractivity (Wildman–Crippen MR) is 138 cm³/mol. The van der Waals surface area contributed by atoms with Crippen LogP contribution in [0.4, 0.5) is 0 Å². The molecular weight excluding hydrogens is 471 g/mol. The van der Waals surface area contributed by atoms with E-state index in [1.165, 1.54) is 26.0 Å². The molecule has 4 aromatic rings. The van der Waals surface area contributed by atoms with Crippen molar-refractivity contribution in [3.8, 4) is 0 Å². The van der Waals surface area contributed by atoms with E-state index in [1.807, 2.05) is 0 Å². The molecule has 1 aliphatic carbocycles. The van der Waals surface area contributed by atoms with Crippen LogP contribution in [-0.4, -0.2) is 23.3 Å². The number of hydrogen-bond donors (Lipinski definition) is 0. The molecule has 0 unspecified atom stereocenters. The third-order valence-electron chi connectivity index (χ3n) is 6.16. The molecule has 0 amide bonds. The molecule has 0 fully saturated rings. The summed E-state index contributed by atoms with van der Waals surface area (Å²) in [6, 6.07) is 41.2. The van der Waals surface area contributed by atoms with Gasteiger partial charge in [0.05, 0.1) is 0 Å². The summed E-state index contributed by atoms with van der Waals surface area (Å²) in [7, 11) is -2.64. The van der Waals surface area contributed by atoms with Crippen LogP contribution in [0, 0.1) is 0 Å². The summed E-state index contributed by atoms with van der Waals surface area (Å²) < 4.78 is 8.80. The first-order valence-electron chi connectivity index (χ1n) is 11.0. The Morgan fingerprint density at radius 3 is 1.84 bits per heavy atom. The summed E-state index contributed by atoms with van der Waals surface area (Å²) in [5, 5.41) is 2.49. The van der Waals surface area contributed by atoms with Crippen molar-refractivity contribution in [1.29, 1.82) is 0 Å². The fourth-order valence-electron chi connectivity index (χ4n) is 4.60. The quantitative estimate of drug-likeness (QED) is 0.339. The van der Waals surface area contributed by atoms with Crippen LogP contribution in [0.3, 0.4) is 0 Å². The fourth-order valence-corrected chi connectivity index (χ4v) is 10.7. The van der Waals surface area contributed by atoms with Crippen molar-refractivity contribution in [2.24, 2.45) is 0 Å². The van der Waals surface area contributed by atoms with Crippen LogP contribution in [0.25, 0.3) is 0 Å². The number of hydrogen-bond acceptors (Lipinski definition) is 1. The third kappa shape index (κ3) is 4.05. The van der Waals surface area contributed by atoms with E-state index in [9.17, 15) is 0 Å². The Morgan fingerprint density at radius 2 is 1.25 bits per heavy atom. The van der Waals surface area contributed by atoms with Gasteiger partial charge in [0.2, 0.25) is 0 Å². The van der Waals surface area contributed by atoms with Crippen molar-refractivity contribution >= 4 is 38.1 Å². The molecule has 1 nitrogen and oxygen atoms in total. The Kier molecular flexibility index (Phi) is 6.25. The molecular formula is C29H26OSeSi. The third-order valence-corrected chi connectivity index (χ3v) is 12.4. The van der Waals surface area contributed by atoms with Crippen LogP contribution in [0.5, 0.6) is 0 Å². The van der Waals surface area contributed by atoms with Crippen LogP contribution in [0.1, 0.15) is 17.2 Å². The molecule has 3 heteroatoms. The summed E-state index contributed by atoms with van der Waals surface area (Å²) >= 11 is 0.319. The molecule has 158 valence electrons. The van der Waals surface area contributed by atoms with Crippen molar-refractivity contribution in [1.82, 2.24) is 0 Å². The molecule has 4 aromatic carbocycles. The van der Waals surface area contributed by atoms with E-state index in [0.717, 1.165) is 6.42 Å². The molecule has 0 aromatic heterocycles. The van der Waals surface area contributed by atoms with Gasteiger partial charge in [-0.1, -0.05) is 0 Å². The fraction of sp³-hybridized carbons (Fsp3) is 0.103. The van der Waals surface area contributed by atoms with Crippen LogP contribution in [0.2, 0.25) is 4.82 Å². The van der Waals surface area contributed by atoms with E-state index < -0.39 is 8.32 Å². The second-order valence-corrected chi connectivity index (χ2v) is 14.1. The summed E-state index contributed by atoms with van der Waals surface area (Å²) in [6.07, 6.45) is 1.14. The monoisotopic (exact) mass is 498 g/mol. The Balaban J connectivity index is 1.60. The van der Waals surface area contributed by atoms with Gasteiger partial charge in [-0.05, 0) is 0 Å². The van der Waals surface area contributed by atoms with Crippen LogP contribution in [0.15, 0.2) is 128 Å². The Morgan fingerprint density at radius 1 is 0.719 bits per heavy atom. The summed E-state index contributed by atoms with van der Waals surface area (Å²) in [4.78, 5) is 0.460. The van der Waals surface area contributed by atoms with Crippen LogP contribution < -0.4 is 14.8 Å². The predicted octanol–water partition coefficient (Wildman–Crippen LogP) is 4.60. The number of fused-ring (bicyclic) bond motifs is 1. The standard InChI is InChI=1S/C29H26OSeSi/c1-2-32(25-17-8-4-9-18-25,26-19-10-5-11-20-26)30-29-27-21-13-12-14-23(27)22-28(29)31-24-15-6-3-7-16-24/h2-21,28-29H,1,22H2/t28-,29-/m0/s1. The Labute approximate surface area is 198 Å². The van der Waals surface area contributed by atoms with E-state index in [1.54, 1.807) is 0 Å². The first-order valence-corrected chi connectivity index (χ1v) is 14.9. The van der Waals surface area contributed by atoms with Crippen molar-refractivity contribution in [3.63, 3.8) is 0 Å². The van der Waals surface area contributed by atoms with Crippen molar-refractivity contribution in [2.75, 3.05) is 0 Å². The molecule has 5 rings (SSSR count). The number of rotatable bonds is 7. The molecule has 32 heavy (non-hydrogen) atoms. The maximum atomic E-state index is 7.37. The number of benzene rings is 4. The second-order valence-electron chi connectivity index (χ2n) is 8.08. The van der Waals surface area contributed by atoms with Gasteiger partial charge in [-0.15, -0.1) is 0 Å². The van der Waals surface area contributed by atoms with Gasteiger partial charge in [0.15, 0.2) is 0 Å². The molecule has 1 aliphatic rings. The summed E-state index contributed by atoms with van der Waals surface area (Å²) in [6.45, 7) is 4.33. The van der Waals surface area contributed by atoms with Crippen molar-refractivity contribution < 1.29 is 4.43 Å². The first kappa shape index (κ1) is 21.2. The molecule has 0 radical (unpaired) electrons. The molecule has 0 spiro atoms. The summed E-state index contributed by atoms with van der Waals surface area (Å²) in [5.74, 6) is 0. The van der Waals surface area contributed by atoms with Gasteiger partial charge in [0.25, 0.3) is 0 Å². The van der Waals surface area contributed by atoms with E-state index in [0.29, 0.717) is 19.8 Å². The Hall–Kier alpha value is -2.68.